The summed E-state index contributed by atoms with van der Waals surface area (Å²) in [6, 6.07) is -0.130. The van der Waals surface area contributed by atoms with Crippen molar-refractivity contribution < 1.29 is 14.7 Å². The maximum absolute atomic E-state index is 12.2. The fraction of sp³-hybridized carbons (Fsp3) is 0.846. The molecule has 1 saturated heterocycles. The van der Waals surface area contributed by atoms with Crippen molar-refractivity contribution in [2.75, 3.05) is 26.2 Å². The average Bonchev–Trinajstić information content (AvgIpc) is 2.27. The van der Waals surface area contributed by atoms with Crippen molar-refractivity contribution >= 4 is 12.0 Å². The molecule has 0 aromatic rings. The number of carboxylic acid groups (broad SMARTS) is 1. The van der Waals surface area contributed by atoms with E-state index in [0.29, 0.717) is 12.0 Å². The fourth-order valence-corrected chi connectivity index (χ4v) is 2.18. The molecule has 1 aliphatic heterocycles. The predicted octanol–water partition coefficient (Wildman–Crippen LogP) is 2.02. The van der Waals surface area contributed by atoms with Gasteiger partial charge in [-0.05, 0) is 24.7 Å². The third kappa shape index (κ3) is 4.20. The second kappa shape index (κ2) is 6.07. The molecule has 2 amide bonds. The van der Waals surface area contributed by atoms with Crippen LogP contribution in [0.3, 0.4) is 0 Å². The average molecular weight is 256 g/mol. The molecule has 1 rings (SSSR count). The summed E-state index contributed by atoms with van der Waals surface area (Å²) in [5, 5.41) is 8.83. The maximum atomic E-state index is 12.2. The van der Waals surface area contributed by atoms with Crippen LogP contribution >= 0.6 is 0 Å². The summed E-state index contributed by atoms with van der Waals surface area (Å²) in [5.41, 5.74) is 0.291. The van der Waals surface area contributed by atoms with E-state index >= 15 is 0 Å². The minimum atomic E-state index is -0.950. The van der Waals surface area contributed by atoms with Crippen LogP contribution in [0.1, 0.15) is 40.0 Å². The lowest BCUT2D eigenvalue weighted by molar-refractivity contribution is -0.137. The highest BCUT2D eigenvalue weighted by Gasteiger charge is 2.30. The molecule has 0 bridgehead atoms. The number of carbonyl (C=O) groups is 2. The maximum Gasteiger partial charge on any atom is 0.323 e. The number of carboxylic acids is 1. The molecule has 1 heterocycles. The molecule has 1 fully saturated rings. The van der Waals surface area contributed by atoms with Crippen molar-refractivity contribution in [1.82, 2.24) is 9.80 Å². The van der Waals surface area contributed by atoms with Crippen LogP contribution < -0.4 is 0 Å². The quantitative estimate of drug-likeness (QED) is 0.837. The molecule has 1 N–H and O–H groups in total. The van der Waals surface area contributed by atoms with E-state index in [2.05, 4.69) is 13.8 Å². The molecule has 0 atom stereocenters. The van der Waals surface area contributed by atoms with E-state index in [4.69, 9.17) is 5.11 Å². The highest BCUT2D eigenvalue weighted by Crippen LogP contribution is 2.30. The van der Waals surface area contributed by atoms with Gasteiger partial charge in [0.25, 0.3) is 0 Å². The normalized spacial score (nSPS) is 18.5. The molecule has 104 valence electrons. The molecule has 0 aromatic heterocycles. The molecule has 18 heavy (non-hydrogen) atoms. The zero-order valence-electron chi connectivity index (χ0n) is 11.6. The van der Waals surface area contributed by atoms with Gasteiger partial charge in [-0.1, -0.05) is 20.8 Å². The Kier molecular flexibility index (Phi) is 4.99. The van der Waals surface area contributed by atoms with Crippen LogP contribution in [-0.4, -0.2) is 53.1 Å². The van der Waals surface area contributed by atoms with E-state index in [0.717, 1.165) is 32.4 Å². The van der Waals surface area contributed by atoms with Crippen LogP contribution in [-0.2, 0) is 4.79 Å². The number of hydrogen-bond acceptors (Lipinski definition) is 2. The van der Waals surface area contributed by atoms with Gasteiger partial charge in [0.05, 0.1) is 0 Å². The Bertz CT molecular complexity index is 305. The van der Waals surface area contributed by atoms with E-state index in [9.17, 15) is 9.59 Å². The van der Waals surface area contributed by atoms with Crippen LogP contribution in [0.4, 0.5) is 4.79 Å². The molecule has 0 radical (unpaired) electrons. The summed E-state index contributed by atoms with van der Waals surface area (Å²) in [6.45, 7) is 8.11. The Morgan fingerprint density at radius 2 is 1.83 bits per heavy atom. The van der Waals surface area contributed by atoms with Crippen molar-refractivity contribution in [3.8, 4) is 0 Å². The van der Waals surface area contributed by atoms with Crippen molar-refractivity contribution in [1.29, 1.82) is 0 Å². The largest absolute Gasteiger partial charge is 0.480 e. The number of nitrogens with zero attached hydrogens (tertiary/aromatic N) is 2. The number of urea groups is 1. The second-order valence-corrected chi connectivity index (χ2v) is 5.75. The molecule has 5 heteroatoms. The number of likely N-dealkylation sites (tertiary alicyclic amines) is 1. The lowest BCUT2D eigenvalue weighted by atomic mass is 9.83. The first-order valence-corrected chi connectivity index (χ1v) is 6.61. The molecular weight excluding hydrogens is 232 g/mol. The molecule has 0 aliphatic carbocycles. The third-order valence-electron chi connectivity index (χ3n) is 3.48. The van der Waals surface area contributed by atoms with Gasteiger partial charge >= 0.3 is 12.0 Å². The van der Waals surface area contributed by atoms with E-state index < -0.39 is 5.97 Å². The van der Waals surface area contributed by atoms with Crippen molar-refractivity contribution in [2.45, 2.75) is 40.0 Å². The summed E-state index contributed by atoms with van der Waals surface area (Å²) in [4.78, 5) is 26.2. The SMILES string of the molecule is CCCN(CC(=O)O)C(=O)N1CCC(C)(C)CC1. The molecule has 0 unspecified atom stereocenters. The van der Waals surface area contributed by atoms with Crippen LogP contribution in [0, 0.1) is 5.41 Å². The summed E-state index contributed by atoms with van der Waals surface area (Å²) in [5.74, 6) is -0.950. The Hall–Kier alpha value is -1.26. The number of amides is 2. The number of rotatable bonds is 4. The van der Waals surface area contributed by atoms with Crippen LogP contribution in [0.15, 0.2) is 0 Å². The predicted molar refractivity (Wildman–Crippen MR) is 69.5 cm³/mol. The van der Waals surface area contributed by atoms with Gasteiger partial charge in [-0.15, -0.1) is 0 Å². The standard InChI is InChI=1S/C13H24N2O3/c1-4-7-15(10-11(16)17)12(18)14-8-5-13(2,3)6-9-14/h4-10H2,1-3H3,(H,16,17). The van der Waals surface area contributed by atoms with Gasteiger partial charge in [0.1, 0.15) is 6.54 Å². The Balaban J connectivity index is 2.58. The highest BCUT2D eigenvalue weighted by molar-refractivity contribution is 5.80. The van der Waals surface area contributed by atoms with Crippen LogP contribution in [0.5, 0.6) is 0 Å². The molecular formula is C13H24N2O3. The van der Waals surface area contributed by atoms with E-state index in [1.807, 2.05) is 6.92 Å². The van der Waals surface area contributed by atoms with Gasteiger partial charge in [-0.25, -0.2) is 4.79 Å². The van der Waals surface area contributed by atoms with Crippen LogP contribution in [0.2, 0.25) is 0 Å². The first kappa shape index (κ1) is 14.8. The Morgan fingerprint density at radius 3 is 2.28 bits per heavy atom. The minimum Gasteiger partial charge on any atom is -0.480 e. The summed E-state index contributed by atoms with van der Waals surface area (Å²) in [6.07, 6.45) is 2.73. The first-order chi connectivity index (χ1) is 8.35. The zero-order valence-corrected chi connectivity index (χ0v) is 11.6. The van der Waals surface area contributed by atoms with Gasteiger partial charge in [0, 0.05) is 19.6 Å². The monoisotopic (exact) mass is 256 g/mol. The molecule has 5 nitrogen and oxygen atoms in total. The molecule has 0 spiro atoms. The summed E-state index contributed by atoms with van der Waals surface area (Å²) in [7, 11) is 0. The Labute approximate surface area is 109 Å². The van der Waals surface area contributed by atoms with Crippen molar-refractivity contribution in [2.24, 2.45) is 5.41 Å². The number of aliphatic carboxylic acids is 1. The highest BCUT2D eigenvalue weighted by atomic mass is 16.4. The molecule has 1 aliphatic rings. The number of piperidine rings is 1. The smallest absolute Gasteiger partial charge is 0.323 e. The van der Waals surface area contributed by atoms with Crippen molar-refractivity contribution in [3.05, 3.63) is 0 Å². The van der Waals surface area contributed by atoms with Gasteiger partial charge < -0.3 is 14.9 Å². The zero-order chi connectivity index (χ0) is 13.8. The number of carbonyl (C=O) groups excluding carboxylic acids is 1. The minimum absolute atomic E-state index is 0.130. The van der Waals surface area contributed by atoms with E-state index in [-0.39, 0.29) is 12.6 Å². The Morgan fingerprint density at radius 1 is 1.28 bits per heavy atom. The fourth-order valence-electron chi connectivity index (χ4n) is 2.18. The van der Waals surface area contributed by atoms with Gasteiger partial charge in [-0.3, -0.25) is 4.79 Å². The molecule has 0 aromatic carbocycles. The van der Waals surface area contributed by atoms with Crippen molar-refractivity contribution in [3.63, 3.8) is 0 Å². The lowest BCUT2D eigenvalue weighted by Crippen LogP contribution is -2.49. The summed E-state index contributed by atoms with van der Waals surface area (Å²) < 4.78 is 0. The first-order valence-electron chi connectivity index (χ1n) is 6.61. The summed E-state index contributed by atoms with van der Waals surface area (Å²) >= 11 is 0. The van der Waals surface area contributed by atoms with Crippen LogP contribution in [0.25, 0.3) is 0 Å². The van der Waals surface area contributed by atoms with E-state index in [1.165, 1.54) is 4.90 Å². The van der Waals surface area contributed by atoms with Gasteiger partial charge in [0.15, 0.2) is 0 Å². The van der Waals surface area contributed by atoms with Gasteiger partial charge in [0.2, 0.25) is 0 Å². The third-order valence-corrected chi connectivity index (χ3v) is 3.48. The topological polar surface area (TPSA) is 60.9 Å². The second-order valence-electron chi connectivity index (χ2n) is 5.75. The molecule has 0 saturated carbocycles. The number of hydrogen-bond donors (Lipinski definition) is 1. The van der Waals surface area contributed by atoms with E-state index in [1.54, 1.807) is 4.90 Å². The van der Waals surface area contributed by atoms with Gasteiger partial charge in [-0.2, -0.15) is 0 Å². The lowest BCUT2D eigenvalue weighted by Gasteiger charge is -2.39.